The number of benzene rings is 2. The fourth-order valence-electron chi connectivity index (χ4n) is 3.13. The Morgan fingerprint density at radius 3 is 2.58 bits per heavy atom. The number of anilines is 3. The molecule has 0 unspecified atom stereocenters. The molecule has 33 heavy (non-hydrogen) atoms. The van der Waals surface area contributed by atoms with E-state index in [0.29, 0.717) is 5.56 Å². The molecular weight excluding hydrogens is 425 g/mol. The molecule has 3 N–H and O–H groups in total. The minimum absolute atomic E-state index is 0.0255. The molecule has 0 aliphatic rings. The number of azo groups is 1. The standard InChI is InChI=1S/C23H22FN7O2/c1-3-4-5-15-6-8-16(9-7-15)27-23-21(14(2)18(13-25)22(26)28-23)30-29-20-11-10-17(31(32)33)12-19(20)24/h6-12H,3-5H2,1-2H3,(H3,26,27,28). The Kier molecular flexibility index (Phi) is 7.25. The third-order valence-electron chi connectivity index (χ3n) is 4.99. The quantitative estimate of drug-likeness (QED) is 0.232. The highest BCUT2D eigenvalue weighted by molar-refractivity contribution is 5.76. The number of halogens is 1. The number of hydrogen-bond acceptors (Lipinski definition) is 8. The highest BCUT2D eigenvalue weighted by atomic mass is 19.1. The summed E-state index contributed by atoms with van der Waals surface area (Å²) in [7, 11) is 0. The molecule has 0 aliphatic carbocycles. The van der Waals surface area contributed by atoms with E-state index in [9.17, 15) is 19.8 Å². The molecule has 0 bridgehead atoms. The van der Waals surface area contributed by atoms with Gasteiger partial charge in [-0.3, -0.25) is 10.1 Å². The molecule has 0 radical (unpaired) electrons. The van der Waals surface area contributed by atoms with Crippen molar-refractivity contribution in [2.45, 2.75) is 33.1 Å². The van der Waals surface area contributed by atoms with Crippen molar-refractivity contribution in [1.29, 1.82) is 5.26 Å². The largest absolute Gasteiger partial charge is 0.383 e. The summed E-state index contributed by atoms with van der Waals surface area (Å²) in [5.74, 6) is -0.624. The number of non-ortho nitro benzene ring substituents is 1. The zero-order chi connectivity index (χ0) is 24.0. The van der Waals surface area contributed by atoms with Gasteiger partial charge >= 0.3 is 0 Å². The molecule has 3 rings (SSSR count). The fraction of sp³-hybridized carbons (Fsp3) is 0.217. The summed E-state index contributed by atoms with van der Waals surface area (Å²) in [5.41, 5.74) is 8.04. The number of nitriles is 1. The van der Waals surface area contributed by atoms with Gasteiger partial charge in [-0.2, -0.15) is 5.26 Å². The highest BCUT2D eigenvalue weighted by Crippen LogP contribution is 2.36. The van der Waals surface area contributed by atoms with Gasteiger partial charge < -0.3 is 11.1 Å². The van der Waals surface area contributed by atoms with Crippen LogP contribution >= 0.6 is 0 Å². The van der Waals surface area contributed by atoms with Gasteiger partial charge in [-0.15, -0.1) is 10.2 Å². The summed E-state index contributed by atoms with van der Waals surface area (Å²) in [6.07, 6.45) is 3.19. The van der Waals surface area contributed by atoms with Gasteiger partial charge in [0, 0.05) is 17.3 Å². The predicted molar refractivity (Wildman–Crippen MR) is 124 cm³/mol. The molecule has 10 heteroatoms. The van der Waals surface area contributed by atoms with Crippen molar-refractivity contribution in [3.8, 4) is 6.07 Å². The molecule has 1 heterocycles. The van der Waals surface area contributed by atoms with Crippen LogP contribution in [-0.4, -0.2) is 9.91 Å². The van der Waals surface area contributed by atoms with Crippen molar-refractivity contribution in [3.63, 3.8) is 0 Å². The van der Waals surface area contributed by atoms with E-state index < -0.39 is 16.4 Å². The van der Waals surface area contributed by atoms with Gasteiger partial charge in [0.15, 0.2) is 11.6 Å². The van der Waals surface area contributed by atoms with Crippen molar-refractivity contribution >= 4 is 34.4 Å². The van der Waals surface area contributed by atoms with E-state index in [4.69, 9.17) is 5.73 Å². The van der Waals surface area contributed by atoms with Crippen LogP contribution in [0.15, 0.2) is 52.7 Å². The average Bonchev–Trinajstić information content (AvgIpc) is 2.79. The second-order valence-corrected chi connectivity index (χ2v) is 7.32. The van der Waals surface area contributed by atoms with Crippen LogP contribution in [0.4, 0.5) is 38.8 Å². The molecule has 168 valence electrons. The maximum Gasteiger partial charge on any atom is 0.272 e. The maximum absolute atomic E-state index is 14.2. The highest BCUT2D eigenvalue weighted by Gasteiger charge is 2.17. The first-order valence-corrected chi connectivity index (χ1v) is 10.3. The number of unbranched alkanes of at least 4 members (excludes halogenated alkanes) is 1. The molecule has 0 saturated carbocycles. The Morgan fingerprint density at radius 2 is 1.97 bits per heavy atom. The second kappa shape index (κ2) is 10.3. The van der Waals surface area contributed by atoms with Crippen LogP contribution in [0.2, 0.25) is 0 Å². The van der Waals surface area contributed by atoms with E-state index in [0.717, 1.165) is 43.1 Å². The normalized spacial score (nSPS) is 10.8. The lowest BCUT2D eigenvalue weighted by Crippen LogP contribution is -2.03. The van der Waals surface area contributed by atoms with Gasteiger partial charge in [0.05, 0.1) is 16.6 Å². The maximum atomic E-state index is 14.2. The first-order valence-electron chi connectivity index (χ1n) is 10.3. The Balaban J connectivity index is 1.97. The minimum atomic E-state index is -0.897. The number of nitrogens with zero attached hydrogens (tertiary/aromatic N) is 5. The van der Waals surface area contributed by atoms with E-state index in [-0.39, 0.29) is 28.6 Å². The molecule has 1 aromatic heterocycles. The number of nitro groups is 1. The van der Waals surface area contributed by atoms with Gasteiger partial charge in [-0.1, -0.05) is 25.5 Å². The van der Waals surface area contributed by atoms with Crippen LogP contribution in [0, 0.1) is 34.2 Å². The SMILES string of the molecule is CCCCc1ccc(Nc2nc(N)c(C#N)c(C)c2N=Nc2ccc([N+](=O)[O-])cc2F)cc1. The van der Waals surface area contributed by atoms with Gasteiger partial charge in [-0.25, -0.2) is 9.37 Å². The molecule has 0 saturated heterocycles. The first kappa shape index (κ1) is 23.3. The van der Waals surface area contributed by atoms with E-state index in [1.807, 2.05) is 30.3 Å². The smallest absolute Gasteiger partial charge is 0.272 e. The Hall–Kier alpha value is -4.39. The molecule has 0 atom stereocenters. The lowest BCUT2D eigenvalue weighted by atomic mass is 10.1. The Morgan fingerprint density at radius 1 is 1.24 bits per heavy atom. The number of nitro benzene ring substituents is 1. The summed E-state index contributed by atoms with van der Waals surface area (Å²) in [6.45, 7) is 3.77. The van der Waals surface area contributed by atoms with Gasteiger partial charge in [0.2, 0.25) is 0 Å². The number of pyridine rings is 1. The van der Waals surface area contributed by atoms with Crippen LogP contribution in [0.25, 0.3) is 0 Å². The van der Waals surface area contributed by atoms with Crippen molar-refractivity contribution < 1.29 is 9.31 Å². The monoisotopic (exact) mass is 447 g/mol. The molecule has 3 aromatic rings. The summed E-state index contributed by atoms with van der Waals surface area (Å²) < 4.78 is 14.2. The van der Waals surface area contributed by atoms with E-state index in [1.54, 1.807) is 6.92 Å². The Labute approximate surface area is 190 Å². The molecule has 0 aliphatic heterocycles. The summed E-state index contributed by atoms with van der Waals surface area (Å²) in [6, 6.07) is 12.8. The molecule has 0 fully saturated rings. The predicted octanol–water partition coefficient (Wildman–Crippen LogP) is 6.39. The van der Waals surface area contributed by atoms with E-state index in [1.165, 1.54) is 5.56 Å². The fourth-order valence-corrected chi connectivity index (χ4v) is 3.13. The minimum Gasteiger partial charge on any atom is -0.383 e. The molecule has 0 amide bonds. The van der Waals surface area contributed by atoms with Crippen LogP contribution in [0.5, 0.6) is 0 Å². The first-order chi connectivity index (χ1) is 15.8. The van der Waals surface area contributed by atoms with Crippen LogP contribution < -0.4 is 11.1 Å². The number of nitrogens with two attached hydrogens (primary N) is 1. The van der Waals surface area contributed by atoms with Gasteiger partial charge in [0.25, 0.3) is 5.69 Å². The zero-order valence-corrected chi connectivity index (χ0v) is 18.2. The van der Waals surface area contributed by atoms with Crippen LogP contribution in [-0.2, 0) is 6.42 Å². The molecular formula is C23H22FN7O2. The van der Waals surface area contributed by atoms with E-state index >= 15 is 0 Å². The average molecular weight is 447 g/mol. The van der Waals surface area contributed by atoms with Crippen LogP contribution in [0.3, 0.4) is 0 Å². The van der Waals surface area contributed by atoms with Crippen molar-refractivity contribution in [2.75, 3.05) is 11.1 Å². The number of aryl methyl sites for hydroxylation is 1. The number of nitrogens with one attached hydrogen (secondary N) is 1. The third kappa shape index (κ3) is 5.46. The number of nitrogen functional groups attached to an aromatic ring is 1. The lowest BCUT2D eigenvalue weighted by Gasteiger charge is -2.13. The number of rotatable bonds is 8. The third-order valence-corrected chi connectivity index (χ3v) is 4.99. The summed E-state index contributed by atoms with van der Waals surface area (Å²) >= 11 is 0. The Bertz CT molecular complexity index is 1250. The summed E-state index contributed by atoms with van der Waals surface area (Å²) in [5, 5.41) is 31.4. The van der Waals surface area contributed by atoms with Crippen molar-refractivity contribution in [3.05, 3.63) is 75.1 Å². The second-order valence-electron chi connectivity index (χ2n) is 7.32. The lowest BCUT2D eigenvalue weighted by molar-refractivity contribution is -0.385. The molecule has 0 spiro atoms. The zero-order valence-electron chi connectivity index (χ0n) is 18.2. The van der Waals surface area contributed by atoms with Crippen molar-refractivity contribution in [1.82, 2.24) is 4.98 Å². The summed E-state index contributed by atoms with van der Waals surface area (Å²) in [4.78, 5) is 14.4. The number of aromatic nitrogens is 1. The van der Waals surface area contributed by atoms with Gasteiger partial charge in [0.1, 0.15) is 23.3 Å². The molecule has 2 aromatic carbocycles. The van der Waals surface area contributed by atoms with Crippen LogP contribution in [0.1, 0.15) is 36.5 Å². The molecule has 9 nitrogen and oxygen atoms in total. The van der Waals surface area contributed by atoms with E-state index in [2.05, 4.69) is 27.5 Å². The number of hydrogen-bond donors (Lipinski definition) is 2. The van der Waals surface area contributed by atoms with Crippen molar-refractivity contribution in [2.24, 2.45) is 10.2 Å². The topological polar surface area (TPSA) is 143 Å². The van der Waals surface area contributed by atoms with Gasteiger partial charge in [-0.05, 0) is 43.5 Å².